The van der Waals surface area contributed by atoms with Crippen molar-refractivity contribution in [3.63, 3.8) is 0 Å². The molecule has 0 aliphatic rings. The third-order valence-corrected chi connectivity index (χ3v) is 10.3. The molecule has 244 valence electrons. The van der Waals surface area contributed by atoms with Gasteiger partial charge in [0.15, 0.2) is 0 Å². The van der Waals surface area contributed by atoms with Gasteiger partial charge in [-0.3, -0.25) is 4.79 Å². The van der Waals surface area contributed by atoms with Crippen LogP contribution >= 0.6 is 11.3 Å². The van der Waals surface area contributed by atoms with Gasteiger partial charge < -0.3 is 14.5 Å². The lowest BCUT2D eigenvalue weighted by Crippen LogP contribution is -2.28. The Hall–Kier alpha value is -3.53. The molecule has 9 heteroatoms. The largest absolute Gasteiger partial charge is 0.469 e. The number of rotatable bonds is 13. The smallest absolute Gasteiger partial charge is 0.263 e. The lowest BCUT2D eigenvalue weighted by atomic mass is 10.1. The van der Waals surface area contributed by atoms with Crippen LogP contribution in [0.5, 0.6) is 0 Å². The summed E-state index contributed by atoms with van der Waals surface area (Å²) in [5.41, 5.74) is 3.54. The molecule has 2 aromatic carbocycles. The minimum atomic E-state index is -3.83. The highest BCUT2D eigenvalue weighted by atomic mass is 32.2. The van der Waals surface area contributed by atoms with E-state index in [0.29, 0.717) is 47.9 Å². The van der Waals surface area contributed by atoms with Gasteiger partial charge in [0.1, 0.15) is 10.6 Å². The summed E-state index contributed by atoms with van der Waals surface area (Å²) in [5.74, 6) is 0.318. The van der Waals surface area contributed by atoms with E-state index in [1.54, 1.807) is 32.9 Å². The molecule has 2 heterocycles. The van der Waals surface area contributed by atoms with Gasteiger partial charge in [0.2, 0.25) is 14.2 Å². The van der Waals surface area contributed by atoms with Crippen molar-refractivity contribution in [1.82, 2.24) is 10.3 Å². The molecule has 45 heavy (non-hydrogen) atoms. The first-order valence-electron chi connectivity index (χ1n) is 15.6. The minimum Gasteiger partial charge on any atom is -0.469 e. The fourth-order valence-corrected chi connectivity index (χ4v) is 7.15. The predicted molar refractivity (Wildman–Crippen MR) is 185 cm³/mol. The van der Waals surface area contributed by atoms with Crippen LogP contribution in [0.4, 0.5) is 0 Å². The molecule has 1 amide bonds. The number of nitrogens with one attached hydrogen (secondary N) is 1. The van der Waals surface area contributed by atoms with E-state index < -0.39 is 9.84 Å². The zero-order chi connectivity index (χ0) is 33.2. The minimum absolute atomic E-state index is 0.0256. The number of allylic oxidation sites excluding steroid dienone is 1. The number of ether oxygens (including phenoxy) is 1. The number of aromatic nitrogens is 1. The molecule has 0 spiro atoms. The van der Waals surface area contributed by atoms with Gasteiger partial charge in [-0.25, -0.2) is 13.4 Å². The normalized spacial score (nSPS) is 11.9. The van der Waals surface area contributed by atoms with Crippen molar-refractivity contribution in [3.05, 3.63) is 111 Å². The molecule has 2 aromatic heterocycles. The molecule has 1 unspecified atom stereocenters. The second kappa shape index (κ2) is 19.8. The Morgan fingerprint density at radius 3 is 2.16 bits per heavy atom. The highest BCUT2D eigenvalue weighted by molar-refractivity contribution is 7.97. The lowest BCUT2D eigenvalue weighted by Gasteiger charge is -2.17. The number of carbonyl (C=O) groups is 1. The van der Waals surface area contributed by atoms with Crippen molar-refractivity contribution in [2.45, 2.75) is 91.2 Å². The Morgan fingerprint density at radius 1 is 0.978 bits per heavy atom. The van der Waals surface area contributed by atoms with Crippen LogP contribution in [0.15, 0.2) is 86.7 Å². The van der Waals surface area contributed by atoms with Crippen molar-refractivity contribution in [2.24, 2.45) is 0 Å². The quantitative estimate of drug-likeness (QED) is 0.155. The van der Waals surface area contributed by atoms with E-state index in [4.69, 9.17) is 9.15 Å². The molecule has 0 saturated carbocycles. The third kappa shape index (κ3) is 12.1. The fourth-order valence-electron chi connectivity index (χ4n) is 4.28. The van der Waals surface area contributed by atoms with Gasteiger partial charge in [-0.2, -0.15) is 0 Å². The van der Waals surface area contributed by atoms with Gasteiger partial charge in [-0.1, -0.05) is 112 Å². The van der Waals surface area contributed by atoms with Crippen LogP contribution in [0.25, 0.3) is 6.08 Å². The van der Waals surface area contributed by atoms with E-state index in [9.17, 15) is 13.2 Å². The first-order chi connectivity index (χ1) is 21.6. The van der Waals surface area contributed by atoms with Gasteiger partial charge >= 0.3 is 0 Å². The highest BCUT2D eigenvalue weighted by Gasteiger charge is 2.27. The second-order valence-electron chi connectivity index (χ2n) is 10.2. The Morgan fingerprint density at radius 2 is 1.62 bits per heavy atom. The van der Waals surface area contributed by atoms with Crippen LogP contribution in [0.1, 0.15) is 91.2 Å². The molecule has 0 saturated heterocycles. The molecule has 1 N–H and O–H groups in total. The maximum atomic E-state index is 13.3. The molecule has 4 aromatic rings. The van der Waals surface area contributed by atoms with E-state index >= 15 is 0 Å². The third-order valence-electron chi connectivity index (χ3n) is 6.75. The summed E-state index contributed by atoms with van der Waals surface area (Å²) >= 11 is 0.905. The molecule has 0 bridgehead atoms. The maximum absolute atomic E-state index is 13.3. The molecule has 4 rings (SSSR count). The Kier molecular flexibility index (Phi) is 16.5. The number of amides is 1. The van der Waals surface area contributed by atoms with E-state index in [0.717, 1.165) is 29.7 Å². The molecule has 7 nitrogen and oxygen atoms in total. The average Bonchev–Trinajstić information content (AvgIpc) is 3.65. The second-order valence-corrected chi connectivity index (χ2v) is 13.4. The summed E-state index contributed by atoms with van der Waals surface area (Å²) in [6.45, 7) is 14.4. The monoisotopic (exact) mass is 652 g/mol. The fraction of sp³-hybridized carbons (Fsp3) is 0.389. The predicted octanol–water partition coefficient (Wildman–Crippen LogP) is 9.10. The van der Waals surface area contributed by atoms with Gasteiger partial charge in [0.05, 0.1) is 29.6 Å². The van der Waals surface area contributed by atoms with Crippen molar-refractivity contribution in [1.29, 1.82) is 0 Å². The van der Waals surface area contributed by atoms with Gasteiger partial charge in [0.25, 0.3) is 5.91 Å². The van der Waals surface area contributed by atoms with E-state index in [1.165, 1.54) is 11.8 Å². The first kappa shape index (κ1) is 37.7. The number of hydrogen-bond acceptors (Lipinski definition) is 7. The number of hydrogen-bond donors (Lipinski definition) is 1. The van der Waals surface area contributed by atoms with Crippen molar-refractivity contribution < 1.29 is 22.4 Å². The molecular formula is C36H48N2O5S2. The van der Waals surface area contributed by atoms with Gasteiger partial charge in [-0.05, 0) is 57.7 Å². The summed E-state index contributed by atoms with van der Waals surface area (Å²) in [7, 11) is -3.83. The molecule has 0 radical (unpaired) electrons. The van der Waals surface area contributed by atoms with Crippen LogP contribution in [0.2, 0.25) is 0 Å². The SMILES string of the molecule is CC.CCCC(CCNC(=O)c1sc(S(=O)(=O)/C(=C/c2ccoc2C)CC)nc1C)OCc1ccccc1.Cc1ccccc1. The van der Waals surface area contributed by atoms with Crippen molar-refractivity contribution in [2.75, 3.05) is 6.54 Å². The summed E-state index contributed by atoms with van der Waals surface area (Å²) in [6, 6.07) is 22.0. The van der Waals surface area contributed by atoms with Crippen molar-refractivity contribution >= 4 is 33.2 Å². The highest BCUT2D eigenvalue weighted by Crippen LogP contribution is 2.30. The number of carbonyl (C=O) groups excluding carboxylic acids is 1. The summed E-state index contributed by atoms with van der Waals surface area (Å²) in [5, 5.41) is 2.91. The van der Waals surface area contributed by atoms with Crippen LogP contribution in [-0.4, -0.2) is 32.0 Å². The van der Waals surface area contributed by atoms with Crippen LogP contribution in [-0.2, 0) is 21.2 Å². The van der Waals surface area contributed by atoms with E-state index in [1.807, 2.05) is 62.4 Å². The summed E-state index contributed by atoms with van der Waals surface area (Å²) in [4.78, 5) is 17.6. The number of benzene rings is 2. The molecule has 0 fully saturated rings. The zero-order valence-electron chi connectivity index (χ0n) is 27.6. The average molecular weight is 653 g/mol. The summed E-state index contributed by atoms with van der Waals surface area (Å²) in [6.07, 6.45) is 6.00. The molecule has 0 aliphatic heterocycles. The number of furan rings is 1. The lowest BCUT2D eigenvalue weighted by molar-refractivity contribution is 0.0292. The molecule has 0 aliphatic carbocycles. The van der Waals surface area contributed by atoms with Crippen LogP contribution < -0.4 is 5.32 Å². The Bertz CT molecular complexity index is 1560. The Labute approximate surface area is 273 Å². The first-order valence-corrected chi connectivity index (χ1v) is 17.9. The standard InChI is InChI=1S/C27H34N2O5S2.C7H8.C2H6/c1-5-10-23(34-18-21-11-8-7-9-12-21)13-15-28-26(30)25-19(3)29-27(35-25)36(31,32)24(6-2)17-22-14-16-33-20(22)4;1-7-5-3-2-4-6-7;1-2/h7-9,11-12,14,16-17,23H,5-6,10,13,15,18H2,1-4H3,(H,28,30);2-6H,1H3;1-2H3/b24-17+;;. The number of nitrogens with zero attached hydrogens (tertiary/aromatic N) is 1. The van der Waals surface area contributed by atoms with Crippen molar-refractivity contribution in [3.8, 4) is 0 Å². The topological polar surface area (TPSA) is 98.5 Å². The number of sulfone groups is 1. The number of thiazole rings is 1. The molecular weight excluding hydrogens is 605 g/mol. The maximum Gasteiger partial charge on any atom is 0.263 e. The van der Waals surface area contributed by atoms with Crippen LogP contribution in [0, 0.1) is 20.8 Å². The Balaban J connectivity index is 0.000000679. The zero-order valence-corrected chi connectivity index (χ0v) is 29.3. The van der Waals surface area contributed by atoms with Gasteiger partial charge in [0, 0.05) is 12.1 Å². The van der Waals surface area contributed by atoms with Crippen LogP contribution in [0.3, 0.4) is 0 Å². The van der Waals surface area contributed by atoms with E-state index in [2.05, 4.69) is 36.3 Å². The summed E-state index contributed by atoms with van der Waals surface area (Å²) < 4.78 is 37.8. The van der Waals surface area contributed by atoms with Gasteiger partial charge in [-0.15, -0.1) is 0 Å². The number of aryl methyl sites for hydroxylation is 3. The van der Waals surface area contributed by atoms with E-state index in [-0.39, 0.29) is 21.3 Å². The molecule has 1 atom stereocenters.